The van der Waals surface area contributed by atoms with Crippen LogP contribution in [0.2, 0.25) is 0 Å². The number of esters is 1. The fourth-order valence-electron chi connectivity index (χ4n) is 1.96. The number of rotatable bonds is 9. The molecule has 0 spiro atoms. The van der Waals surface area contributed by atoms with Gasteiger partial charge >= 0.3 is 5.97 Å². The lowest BCUT2D eigenvalue weighted by Crippen LogP contribution is -2.25. The molecule has 24 heavy (non-hydrogen) atoms. The summed E-state index contributed by atoms with van der Waals surface area (Å²) in [7, 11) is 0. The summed E-state index contributed by atoms with van der Waals surface area (Å²) in [4.78, 5) is 27.5. The second-order valence-corrected chi connectivity index (χ2v) is 5.68. The SMILES string of the molecule is CCOC(=O)CCCNC(=O)c1cccc(OCc2cscn2)c1. The Kier molecular flexibility index (Phi) is 7.22. The number of benzene rings is 1. The predicted octanol–water partition coefficient (Wildman–Crippen LogP) is 2.80. The first kappa shape index (κ1) is 17.9. The summed E-state index contributed by atoms with van der Waals surface area (Å²) >= 11 is 1.51. The Morgan fingerprint density at radius 1 is 1.33 bits per heavy atom. The van der Waals surface area contributed by atoms with Gasteiger partial charge in [-0.05, 0) is 31.5 Å². The van der Waals surface area contributed by atoms with Crippen molar-refractivity contribution in [1.82, 2.24) is 10.3 Å². The number of amides is 1. The molecule has 2 aromatic rings. The van der Waals surface area contributed by atoms with Crippen LogP contribution in [0.1, 0.15) is 35.8 Å². The highest BCUT2D eigenvalue weighted by Gasteiger charge is 2.08. The summed E-state index contributed by atoms with van der Waals surface area (Å²) < 4.78 is 10.5. The molecule has 7 heteroatoms. The first-order valence-electron chi connectivity index (χ1n) is 7.72. The van der Waals surface area contributed by atoms with Crippen LogP contribution in [0.15, 0.2) is 35.2 Å². The zero-order valence-corrected chi connectivity index (χ0v) is 14.3. The van der Waals surface area contributed by atoms with Crippen molar-refractivity contribution in [3.63, 3.8) is 0 Å². The lowest BCUT2D eigenvalue weighted by atomic mass is 10.2. The Labute approximate surface area is 144 Å². The van der Waals surface area contributed by atoms with Crippen LogP contribution in [0.5, 0.6) is 5.75 Å². The minimum atomic E-state index is -0.246. The highest BCUT2D eigenvalue weighted by atomic mass is 32.1. The van der Waals surface area contributed by atoms with E-state index in [1.807, 2.05) is 5.38 Å². The summed E-state index contributed by atoms with van der Waals surface area (Å²) in [5, 5.41) is 4.70. The number of thiazole rings is 1. The topological polar surface area (TPSA) is 77.5 Å². The molecule has 0 aliphatic rings. The van der Waals surface area contributed by atoms with E-state index in [1.54, 1.807) is 36.7 Å². The van der Waals surface area contributed by atoms with Crippen LogP contribution in [0.25, 0.3) is 0 Å². The zero-order chi connectivity index (χ0) is 17.2. The Balaban J connectivity index is 1.77. The molecule has 1 aromatic carbocycles. The molecule has 0 saturated carbocycles. The van der Waals surface area contributed by atoms with Crippen LogP contribution in [-0.2, 0) is 16.1 Å². The number of nitrogens with one attached hydrogen (secondary N) is 1. The molecule has 1 heterocycles. The monoisotopic (exact) mass is 348 g/mol. The largest absolute Gasteiger partial charge is 0.487 e. The average molecular weight is 348 g/mol. The number of hydrogen-bond acceptors (Lipinski definition) is 6. The Morgan fingerprint density at radius 2 is 2.21 bits per heavy atom. The van der Waals surface area contributed by atoms with Crippen molar-refractivity contribution in [3.8, 4) is 5.75 Å². The summed E-state index contributed by atoms with van der Waals surface area (Å²) in [6, 6.07) is 6.97. The van der Waals surface area contributed by atoms with E-state index in [9.17, 15) is 9.59 Å². The van der Waals surface area contributed by atoms with Crippen LogP contribution < -0.4 is 10.1 Å². The summed E-state index contributed by atoms with van der Waals surface area (Å²) in [6.07, 6.45) is 0.843. The number of aromatic nitrogens is 1. The van der Waals surface area contributed by atoms with E-state index in [0.29, 0.717) is 43.9 Å². The molecule has 6 nitrogen and oxygen atoms in total. The average Bonchev–Trinajstić information content (AvgIpc) is 3.11. The molecule has 1 N–H and O–H groups in total. The van der Waals surface area contributed by atoms with Crippen LogP contribution >= 0.6 is 11.3 Å². The molecular formula is C17H20N2O4S. The van der Waals surface area contributed by atoms with Crippen molar-refractivity contribution in [2.75, 3.05) is 13.2 Å². The third kappa shape index (κ3) is 6.00. The van der Waals surface area contributed by atoms with Gasteiger partial charge in [-0.2, -0.15) is 0 Å². The molecular weight excluding hydrogens is 328 g/mol. The number of carbonyl (C=O) groups is 2. The summed E-state index contributed by atoms with van der Waals surface area (Å²) in [6.45, 7) is 2.93. The molecule has 0 radical (unpaired) electrons. The van der Waals surface area contributed by atoms with E-state index in [2.05, 4.69) is 10.3 Å². The second kappa shape index (κ2) is 9.67. The van der Waals surface area contributed by atoms with Crippen molar-refractivity contribution in [3.05, 3.63) is 46.4 Å². The Hall–Kier alpha value is -2.41. The van der Waals surface area contributed by atoms with E-state index in [0.717, 1.165) is 5.69 Å². The molecule has 0 saturated heterocycles. The molecule has 0 aliphatic carbocycles. The summed E-state index contributed by atoms with van der Waals surface area (Å²) in [5.41, 5.74) is 3.12. The smallest absolute Gasteiger partial charge is 0.305 e. The van der Waals surface area contributed by atoms with E-state index in [-0.39, 0.29) is 11.9 Å². The quantitative estimate of drug-likeness (QED) is 0.557. The van der Waals surface area contributed by atoms with Crippen molar-refractivity contribution in [2.24, 2.45) is 0 Å². The van der Waals surface area contributed by atoms with Crippen LogP contribution in [-0.4, -0.2) is 30.0 Å². The Bertz CT molecular complexity index is 658. The lowest BCUT2D eigenvalue weighted by Gasteiger charge is -2.08. The van der Waals surface area contributed by atoms with Gasteiger partial charge in [0.05, 0.1) is 17.8 Å². The van der Waals surface area contributed by atoms with Crippen molar-refractivity contribution >= 4 is 23.2 Å². The van der Waals surface area contributed by atoms with Crippen LogP contribution in [0.4, 0.5) is 0 Å². The predicted molar refractivity (Wildman–Crippen MR) is 91.1 cm³/mol. The highest BCUT2D eigenvalue weighted by Crippen LogP contribution is 2.15. The van der Waals surface area contributed by atoms with Gasteiger partial charge in [0.25, 0.3) is 5.91 Å². The molecule has 1 aromatic heterocycles. The number of hydrogen-bond donors (Lipinski definition) is 1. The summed E-state index contributed by atoms with van der Waals surface area (Å²) in [5.74, 6) is 0.171. The zero-order valence-electron chi connectivity index (χ0n) is 13.5. The van der Waals surface area contributed by atoms with Gasteiger partial charge in [0.15, 0.2) is 0 Å². The van der Waals surface area contributed by atoms with Gasteiger partial charge in [-0.25, -0.2) is 4.98 Å². The maximum atomic E-state index is 12.1. The number of nitrogens with zero attached hydrogens (tertiary/aromatic N) is 1. The molecule has 2 rings (SSSR count). The fraction of sp³-hybridized carbons (Fsp3) is 0.353. The van der Waals surface area contributed by atoms with E-state index >= 15 is 0 Å². The minimum Gasteiger partial charge on any atom is -0.487 e. The second-order valence-electron chi connectivity index (χ2n) is 4.96. The molecule has 0 atom stereocenters. The molecule has 128 valence electrons. The minimum absolute atomic E-state index is 0.196. The molecule has 1 amide bonds. The number of carbonyl (C=O) groups excluding carboxylic acids is 2. The lowest BCUT2D eigenvalue weighted by molar-refractivity contribution is -0.143. The van der Waals surface area contributed by atoms with Gasteiger partial charge in [-0.1, -0.05) is 6.07 Å². The van der Waals surface area contributed by atoms with E-state index in [1.165, 1.54) is 11.3 Å². The Morgan fingerprint density at radius 3 is 2.96 bits per heavy atom. The van der Waals surface area contributed by atoms with Crippen molar-refractivity contribution < 1.29 is 19.1 Å². The van der Waals surface area contributed by atoms with E-state index in [4.69, 9.17) is 9.47 Å². The van der Waals surface area contributed by atoms with Crippen molar-refractivity contribution in [2.45, 2.75) is 26.4 Å². The van der Waals surface area contributed by atoms with Gasteiger partial charge in [0, 0.05) is 23.9 Å². The fourth-order valence-corrected chi connectivity index (χ4v) is 2.51. The maximum absolute atomic E-state index is 12.1. The normalized spacial score (nSPS) is 10.2. The van der Waals surface area contributed by atoms with Gasteiger partial charge in [0.1, 0.15) is 12.4 Å². The maximum Gasteiger partial charge on any atom is 0.305 e. The first-order valence-corrected chi connectivity index (χ1v) is 8.67. The third-order valence-electron chi connectivity index (χ3n) is 3.11. The van der Waals surface area contributed by atoms with Crippen LogP contribution in [0.3, 0.4) is 0 Å². The van der Waals surface area contributed by atoms with E-state index < -0.39 is 0 Å². The standard InChI is InChI=1S/C17H20N2O4S/c1-2-22-16(20)7-4-8-18-17(21)13-5-3-6-15(9-13)23-10-14-11-24-12-19-14/h3,5-6,9,11-12H,2,4,7-8,10H2,1H3,(H,18,21). The molecule has 0 bridgehead atoms. The number of ether oxygens (including phenoxy) is 2. The first-order chi connectivity index (χ1) is 11.7. The van der Waals surface area contributed by atoms with Crippen LogP contribution in [0, 0.1) is 0 Å². The molecule has 0 aliphatic heterocycles. The molecule has 0 unspecified atom stereocenters. The third-order valence-corrected chi connectivity index (χ3v) is 3.75. The highest BCUT2D eigenvalue weighted by molar-refractivity contribution is 7.07. The van der Waals surface area contributed by atoms with Gasteiger partial charge < -0.3 is 14.8 Å². The van der Waals surface area contributed by atoms with Crippen molar-refractivity contribution in [1.29, 1.82) is 0 Å². The van der Waals surface area contributed by atoms with Gasteiger partial charge in [-0.15, -0.1) is 11.3 Å². The van der Waals surface area contributed by atoms with Gasteiger partial charge in [0.2, 0.25) is 0 Å². The van der Waals surface area contributed by atoms with Gasteiger partial charge in [-0.3, -0.25) is 9.59 Å². The molecule has 0 fully saturated rings.